The van der Waals surface area contributed by atoms with Gasteiger partial charge in [-0.3, -0.25) is 4.79 Å². The number of nitrogens with zero attached hydrogens (tertiary/aromatic N) is 1. The second kappa shape index (κ2) is 7.08. The zero-order valence-corrected chi connectivity index (χ0v) is 14.3. The summed E-state index contributed by atoms with van der Waals surface area (Å²) < 4.78 is 6.08. The van der Waals surface area contributed by atoms with Crippen molar-refractivity contribution in [2.45, 2.75) is 38.0 Å². The number of carboxylic acids is 1. The number of hydrogen-bond donors (Lipinski definition) is 2. The molecule has 0 spiro atoms. The summed E-state index contributed by atoms with van der Waals surface area (Å²) in [5.74, 6) is -0.610. The largest absolute Gasteiger partial charge is 0.485 e. The summed E-state index contributed by atoms with van der Waals surface area (Å²) in [6.45, 7) is 6.36. The molecule has 124 valence electrons. The summed E-state index contributed by atoms with van der Waals surface area (Å²) in [6.07, 6.45) is 1.66. The number of benzene rings is 1. The van der Waals surface area contributed by atoms with Crippen LogP contribution in [0.5, 0.6) is 5.75 Å². The zero-order chi connectivity index (χ0) is 17.1. The molecule has 23 heavy (non-hydrogen) atoms. The Morgan fingerprint density at radius 3 is 2.61 bits per heavy atom. The van der Waals surface area contributed by atoms with Gasteiger partial charge in [0.2, 0.25) is 0 Å². The number of ether oxygens (including phenoxy) is 1. The fourth-order valence-electron chi connectivity index (χ4n) is 2.50. The molecule has 0 aliphatic carbocycles. The zero-order valence-electron chi connectivity index (χ0n) is 13.4. The first kappa shape index (κ1) is 17.4. The molecule has 1 aliphatic heterocycles. The molecule has 6 heteroatoms. The minimum Gasteiger partial charge on any atom is -0.485 e. The molecule has 2 atom stereocenters. The van der Waals surface area contributed by atoms with Crippen molar-refractivity contribution >= 4 is 30.2 Å². The maximum atomic E-state index is 12.4. The molecule has 1 aliphatic rings. The van der Waals surface area contributed by atoms with Gasteiger partial charge in [-0.05, 0) is 24.5 Å². The molecular weight excluding hydrogens is 314 g/mol. The minimum atomic E-state index is -1.15. The third kappa shape index (κ3) is 3.88. The molecule has 2 unspecified atom stereocenters. The maximum absolute atomic E-state index is 12.4. The molecule has 0 bridgehead atoms. The van der Waals surface area contributed by atoms with E-state index in [1.807, 2.05) is 25.1 Å². The second-order valence-electron chi connectivity index (χ2n) is 5.87. The van der Waals surface area contributed by atoms with Crippen molar-refractivity contribution in [1.29, 1.82) is 0 Å². The van der Waals surface area contributed by atoms with Gasteiger partial charge in [0.1, 0.15) is 11.9 Å². The van der Waals surface area contributed by atoms with Gasteiger partial charge in [0, 0.05) is 17.4 Å². The van der Waals surface area contributed by atoms with E-state index in [0.717, 1.165) is 17.7 Å². The monoisotopic (exact) mass is 335 g/mol. The molecule has 1 heterocycles. The van der Waals surface area contributed by atoms with Gasteiger partial charge in [0.25, 0.3) is 5.91 Å². The number of anilines is 1. The van der Waals surface area contributed by atoms with Crippen molar-refractivity contribution in [3.63, 3.8) is 0 Å². The van der Waals surface area contributed by atoms with Crippen molar-refractivity contribution in [1.82, 2.24) is 0 Å². The van der Waals surface area contributed by atoms with Crippen molar-refractivity contribution in [3.8, 4) is 5.75 Å². The molecular formula is C17H21NO4S. The number of carboxylic acid groups (broad SMARTS) is 1. The lowest BCUT2D eigenvalue weighted by Crippen LogP contribution is -2.46. The first-order valence-corrected chi connectivity index (χ1v) is 8.03. The fourth-order valence-corrected chi connectivity index (χ4v) is 2.65. The van der Waals surface area contributed by atoms with Crippen LogP contribution in [0.4, 0.5) is 5.69 Å². The Kier molecular flexibility index (Phi) is 5.36. The predicted molar refractivity (Wildman–Crippen MR) is 92.5 cm³/mol. The average Bonchev–Trinajstić information content (AvgIpc) is 2.50. The molecule has 0 fully saturated rings. The molecule has 0 saturated heterocycles. The summed E-state index contributed by atoms with van der Waals surface area (Å²) in [7, 11) is 0. The van der Waals surface area contributed by atoms with E-state index in [1.54, 1.807) is 4.90 Å². The van der Waals surface area contributed by atoms with Gasteiger partial charge in [-0.1, -0.05) is 26.0 Å². The van der Waals surface area contributed by atoms with E-state index in [9.17, 15) is 9.59 Å². The lowest BCUT2D eigenvalue weighted by molar-refractivity contribution is -0.131. The first-order valence-electron chi connectivity index (χ1n) is 7.51. The summed E-state index contributed by atoms with van der Waals surface area (Å²) in [4.78, 5) is 24.6. The highest BCUT2D eigenvalue weighted by Crippen LogP contribution is 2.40. The number of carbonyl (C=O) groups excluding carboxylic acids is 1. The number of aliphatic carboxylic acids is 1. The van der Waals surface area contributed by atoms with E-state index >= 15 is 0 Å². The Labute approximate surface area is 141 Å². The van der Waals surface area contributed by atoms with Gasteiger partial charge in [0.15, 0.2) is 0 Å². The van der Waals surface area contributed by atoms with Crippen molar-refractivity contribution in [2.24, 2.45) is 0 Å². The van der Waals surface area contributed by atoms with Crippen LogP contribution in [0.3, 0.4) is 0 Å². The van der Waals surface area contributed by atoms with Gasteiger partial charge in [0.05, 0.1) is 12.2 Å². The molecule has 5 nitrogen and oxygen atoms in total. The molecule has 0 saturated carbocycles. The van der Waals surface area contributed by atoms with Gasteiger partial charge >= 0.3 is 5.97 Å². The molecule has 0 radical (unpaired) electrons. The highest BCUT2D eigenvalue weighted by molar-refractivity contribution is 7.81. The fraction of sp³-hybridized carbons (Fsp3) is 0.412. The van der Waals surface area contributed by atoms with Crippen molar-refractivity contribution in [2.75, 3.05) is 11.4 Å². The van der Waals surface area contributed by atoms with Crippen LogP contribution in [0.25, 0.3) is 0 Å². The van der Waals surface area contributed by atoms with Gasteiger partial charge in [-0.15, -0.1) is 0 Å². The van der Waals surface area contributed by atoms with Crippen LogP contribution in [0.2, 0.25) is 0 Å². The lowest BCUT2D eigenvalue weighted by atomic mass is 9.99. The lowest BCUT2D eigenvalue weighted by Gasteiger charge is -2.37. The van der Waals surface area contributed by atoms with E-state index < -0.39 is 5.97 Å². The van der Waals surface area contributed by atoms with Crippen LogP contribution in [0.1, 0.15) is 32.3 Å². The van der Waals surface area contributed by atoms with Gasteiger partial charge < -0.3 is 14.7 Å². The van der Waals surface area contributed by atoms with E-state index in [1.165, 1.54) is 0 Å². The van der Waals surface area contributed by atoms with Crippen LogP contribution in [-0.4, -0.2) is 34.9 Å². The van der Waals surface area contributed by atoms with Crippen LogP contribution in [0.15, 0.2) is 30.4 Å². The SMILES string of the molecule is CC(C)c1cccc2c1OC(C(C)S)CN2C(=O)/C=C/C(=O)O. The standard InChI is InChI=1S/C17H21NO4S/c1-10(2)12-5-4-6-13-17(12)22-14(11(3)23)9-18(13)15(19)7-8-16(20)21/h4-8,10-11,14,23H,9H2,1-3H3,(H,20,21)/b8-7+. The Hall–Kier alpha value is -1.95. The van der Waals surface area contributed by atoms with E-state index in [-0.39, 0.29) is 23.2 Å². The molecule has 2 rings (SSSR count). The summed E-state index contributed by atoms with van der Waals surface area (Å²) in [6, 6.07) is 5.67. The number of para-hydroxylation sites is 1. The minimum absolute atomic E-state index is 0.0675. The van der Waals surface area contributed by atoms with Crippen molar-refractivity contribution in [3.05, 3.63) is 35.9 Å². The van der Waals surface area contributed by atoms with Gasteiger partial charge in [-0.2, -0.15) is 12.6 Å². The van der Waals surface area contributed by atoms with E-state index in [0.29, 0.717) is 18.0 Å². The second-order valence-corrected chi connectivity index (χ2v) is 6.68. The maximum Gasteiger partial charge on any atom is 0.328 e. The molecule has 1 N–H and O–H groups in total. The molecule has 1 aromatic rings. The summed E-state index contributed by atoms with van der Waals surface area (Å²) in [5.41, 5.74) is 1.68. The number of fused-ring (bicyclic) bond motifs is 1. The molecule has 1 aromatic carbocycles. The first-order chi connectivity index (χ1) is 10.8. The Morgan fingerprint density at radius 1 is 1.35 bits per heavy atom. The number of rotatable bonds is 4. The van der Waals surface area contributed by atoms with Crippen LogP contribution >= 0.6 is 12.6 Å². The van der Waals surface area contributed by atoms with Crippen LogP contribution < -0.4 is 9.64 Å². The Bertz CT molecular complexity index is 639. The Balaban J connectivity index is 2.46. The Morgan fingerprint density at radius 2 is 2.04 bits per heavy atom. The van der Waals surface area contributed by atoms with E-state index in [4.69, 9.17) is 9.84 Å². The molecule has 1 amide bonds. The average molecular weight is 335 g/mol. The van der Waals surface area contributed by atoms with Crippen molar-refractivity contribution < 1.29 is 19.4 Å². The summed E-state index contributed by atoms with van der Waals surface area (Å²) >= 11 is 4.44. The topological polar surface area (TPSA) is 66.8 Å². The summed E-state index contributed by atoms with van der Waals surface area (Å²) in [5, 5.41) is 8.65. The predicted octanol–water partition coefficient (Wildman–Crippen LogP) is 2.86. The number of hydrogen-bond acceptors (Lipinski definition) is 4. The smallest absolute Gasteiger partial charge is 0.328 e. The number of amides is 1. The highest BCUT2D eigenvalue weighted by Gasteiger charge is 2.32. The highest BCUT2D eigenvalue weighted by atomic mass is 32.1. The number of carbonyl (C=O) groups is 2. The quantitative estimate of drug-likeness (QED) is 0.656. The molecule has 0 aromatic heterocycles. The van der Waals surface area contributed by atoms with Crippen LogP contribution in [-0.2, 0) is 9.59 Å². The third-order valence-electron chi connectivity index (χ3n) is 3.74. The van der Waals surface area contributed by atoms with E-state index in [2.05, 4.69) is 26.5 Å². The third-order valence-corrected chi connectivity index (χ3v) is 4.07. The van der Waals surface area contributed by atoms with Crippen LogP contribution in [0, 0.1) is 0 Å². The normalized spacial score (nSPS) is 18.7. The van der Waals surface area contributed by atoms with Gasteiger partial charge in [-0.25, -0.2) is 4.79 Å². The number of thiol groups is 1.